The SMILES string of the molecule is O=C(Nc1cc(Cl)ccc1F)N1CC[C@@H](CN2CCCCC2)C1. The predicted octanol–water partition coefficient (Wildman–Crippen LogP) is 3.82. The highest BCUT2D eigenvalue weighted by Gasteiger charge is 2.28. The molecule has 0 spiro atoms. The Kier molecular flexibility index (Phi) is 5.38. The summed E-state index contributed by atoms with van der Waals surface area (Å²) in [5.41, 5.74) is 0.141. The van der Waals surface area contributed by atoms with Gasteiger partial charge in [-0.2, -0.15) is 0 Å². The minimum Gasteiger partial charge on any atom is -0.324 e. The second-order valence-electron chi connectivity index (χ2n) is 6.52. The number of halogens is 2. The van der Waals surface area contributed by atoms with Gasteiger partial charge in [0.2, 0.25) is 0 Å². The topological polar surface area (TPSA) is 35.6 Å². The van der Waals surface area contributed by atoms with Crippen LogP contribution in [0.1, 0.15) is 25.7 Å². The third kappa shape index (κ3) is 4.36. The average molecular weight is 340 g/mol. The van der Waals surface area contributed by atoms with Crippen LogP contribution in [0.5, 0.6) is 0 Å². The first kappa shape index (κ1) is 16.5. The van der Waals surface area contributed by atoms with E-state index in [9.17, 15) is 9.18 Å². The first-order chi connectivity index (χ1) is 11.1. The van der Waals surface area contributed by atoms with E-state index >= 15 is 0 Å². The number of carbonyl (C=O) groups is 1. The smallest absolute Gasteiger partial charge is 0.321 e. The third-order valence-corrected chi connectivity index (χ3v) is 4.94. The molecule has 0 unspecified atom stereocenters. The Balaban J connectivity index is 1.51. The van der Waals surface area contributed by atoms with Crippen molar-refractivity contribution in [2.75, 3.05) is 38.0 Å². The number of amides is 2. The summed E-state index contributed by atoms with van der Waals surface area (Å²) in [5.74, 6) is 0.0508. The van der Waals surface area contributed by atoms with Crippen molar-refractivity contribution < 1.29 is 9.18 Å². The zero-order valence-corrected chi connectivity index (χ0v) is 14.0. The summed E-state index contributed by atoms with van der Waals surface area (Å²) in [6, 6.07) is 3.93. The minimum atomic E-state index is -0.466. The van der Waals surface area contributed by atoms with Crippen LogP contribution < -0.4 is 5.32 Å². The Morgan fingerprint density at radius 1 is 1.26 bits per heavy atom. The molecular formula is C17H23ClFN3O. The van der Waals surface area contributed by atoms with E-state index < -0.39 is 5.82 Å². The van der Waals surface area contributed by atoms with Gasteiger partial charge in [-0.3, -0.25) is 0 Å². The first-order valence-electron chi connectivity index (χ1n) is 8.35. The van der Waals surface area contributed by atoms with Crippen LogP contribution in [0, 0.1) is 11.7 Å². The molecule has 0 aliphatic carbocycles. The lowest BCUT2D eigenvalue weighted by atomic mass is 10.1. The van der Waals surface area contributed by atoms with E-state index in [4.69, 9.17) is 11.6 Å². The highest BCUT2D eigenvalue weighted by Crippen LogP contribution is 2.23. The Morgan fingerprint density at radius 2 is 2.04 bits per heavy atom. The van der Waals surface area contributed by atoms with Gasteiger partial charge in [-0.1, -0.05) is 18.0 Å². The summed E-state index contributed by atoms with van der Waals surface area (Å²) in [5, 5.41) is 3.04. The maximum absolute atomic E-state index is 13.7. The second-order valence-corrected chi connectivity index (χ2v) is 6.95. The van der Waals surface area contributed by atoms with Crippen molar-refractivity contribution >= 4 is 23.3 Å². The third-order valence-electron chi connectivity index (χ3n) is 4.71. The molecule has 6 heteroatoms. The van der Waals surface area contributed by atoms with Crippen LogP contribution in [0.2, 0.25) is 5.02 Å². The summed E-state index contributed by atoms with van der Waals surface area (Å²) in [6.07, 6.45) is 4.92. The molecule has 0 radical (unpaired) electrons. The molecule has 1 N–H and O–H groups in total. The van der Waals surface area contributed by atoms with Gasteiger partial charge >= 0.3 is 6.03 Å². The number of hydrogen-bond donors (Lipinski definition) is 1. The molecule has 0 saturated carbocycles. The molecule has 4 nitrogen and oxygen atoms in total. The van der Waals surface area contributed by atoms with Gasteiger partial charge in [0.05, 0.1) is 5.69 Å². The summed E-state index contributed by atoms with van der Waals surface area (Å²) in [7, 11) is 0. The van der Waals surface area contributed by atoms with Gasteiger partial charge in [0.25, 0.3) is 0 Å². The Morgan fingerprint density at radius 3 is 2.83 bits per heavy atom. The fourth-order valence-corrected chi connectivity index (χ4v) is 3.63. The molecule has 2 amide bonds. The van der Waals surface area contributed by atoms with Gasteiger partial charge < -0.3 is 15.1 Å². The molecule has 2 aliphatic heterocycles. The van der Waals surface area contributed by atoms with Crippen molar-refractivity contribution in [1.29, 1.82) is 0 Å². The number of carbonyl (C=O) groups excluding carboxylic acids is 1. The van der Waals surface area contributed by atoms with E-state index in [-0.39, 0.29) is 11.7 Å². The molecule has 0 aromatic heterocycles. The number of benzene rings is 1. The molecule has 3 rings (SSSR count). The van der Waals surface area contributed by atoms with E-state index in [0.29, 0.717) is 10.9 Å². The first-order valence-corrected chi connectivity index (χ1v) is 8.73. The number of rotatable bonds is 3. The van der Waals surface area contributed by atoms with Crippen LogP contribution in [-0.4, -0.2) is 48.6 Å². The van der Waals surface area contributed by atoms with Crippen molar-refractivity contribution in [3.63, 3.8) is 0 Å². The quantitative estimate of drug-likeness (QED) is 0.908. The maximum atomic E-state index is 13.7. The van der Waals surface area contributed by atoms with Crippen molar-refractivity contribution in [2.24, 2.45) is 5.92 Å². The van der Waals surface area contributed by atoms with E-state index in [2.05, 4.69) is 10.2 Å². The molecule has 1 aromatic rings. The van der Waals surface area contributed by atoms with Crippen molar-refractivity contribution in [1.82, 2.24) is 9.80 Å². The summed E-state index contributed by atoms with van der Waals surface area (Å²) in [4.78, 5) is 16.6. The van der Waals surface area contributed by atoms with Gasteiger partial charge in [-0.15, -0.1) is 0 Å². The number of anilines is 1. The fraction of sp³-hybridized carbons (Fsp3) is 0.588. The second kappa shape index (κ2) is 7.49. The largest absolute Gasteiger partial charge is 0.324 e. The zero-order chi connectivity index (χ0) is 16.2. The van der Waals surface area contributed by atoms with E-state index in [1.165, 1.54) is 50.6 Å². The Labute approximate surface area is 141 Å². The number of nitrogens with one attached hydrogen (secondary N) is 1. The molecular weight excluding hydrogens is 317 g/mol. The molecule has 0 bridgehead atoms. The summed E-state index contributed by atoms with van der Waals surface area (Å²) >= 11 is 5.85. The number of urea groups is 1. The van der Waals surface area contributed by atoms with E-state index in [1.807, 2.05) is 0 Å². The number of likely N-dealkylation sites (tertiary alicyclic amines) is 2. The normalized spacial score (nSPS) is 22.3. The maximum Gasteiger partial charge on any atom is 0.321 e. The fourth-order valence-electron chi connectivity index (χ4n) is 3.46. The lowest BCUT2D eigenvalue weighted by Crippen LogP contribution is -2.37. The Hall–Kier alpha value is -1.33. The van der Waals surface area contributed by atoms with Gasteiger partial charge in [0.1, 0.15) is 5.82 Å². The van der Waals surface area contributed by atoms with Gasteiger partial charge in [0.15, 0.2) is 0 Å². The lowest BCUT2D eigenvalue weighted by molar-refractivity contribution is 0.192. The van der Waals surface area contributed by atoms with E-state index in [1.54, 1.807) is 4.90 Å². The van der Waals surface area contributed by atoms with Crippen LogP contribution in [0.3, 0.4) is 0 Å². The highest BCUT2D eigenvalue weighted by molar-refractivity contribution is 6.30. The molecule has 126 valence electrons. The average Bonchev–Trinajstić information content (AvgIpc) is 3.00. The monoisotopic (exact) mass is 339 g/mol. The molecule has 1 atom stereocenters. The van der Waals surface area contributed by atoms with Crippen LogP contribution in [0.25, 0.3) is 0 Å². The van der Waals surface area contributed by atoms with Crippen LogP contribution >= 0.6 is 11.6 Å². The van der Waals surface area contributed by atoms with E-state index in [0.717, 1.165) is 26.1 Å². The number of piperidine rings is 1. The van der Waals surface area contributed by atoms with Gasteiger partial charge in [-0.25, -0.2) is 9.18 Å². The molecule has 2 saturated heterocycles. The van der Waals surface area contributed by atoms with Crippen molar-refractivity contribution in [3.8, 4) is 0 Å². The highest BCUT2D eigenvalue weighted by atomic mass is 35.5. The summed E-state index contributed by atoms with van der Waals surface area (Å²) < 4.78 is 13.7. The number of hydrogen-bond acceptors (Lipinski definition) is 2. The molecule has 2 fully saturated rings. The van der Waals surface area contributed by atoms with Crippen molar-refractivity contribution in [3.05, 3.63) is 29.0 Å². The molecule has 2 aliphatic rings. The van der Waals surface area contributed by atoms with Crippen LogP contribution in [-0.2, 0) is 0 Å². The number of nitrogens with zero attached hydrogens (tertiary/aromatic N) is 2. The standard InChI is InChI=1S/C17H23ClFN3O/c18-14-4-5-15(19)16(10-14)20-17(23)22-9-6-13(12-22)11-21-7-2-1-3-8-21/h4-5,10,13H,1-3,6-9,11-12H2,(H,20,23)/t13-/m0/s1. The minimum absolute atomic E-state index is 0.141. The lowest BCUT2D eigenvalue weighted by Gasteiger charge is -2.29. The zero-order valence-electron chi connectivity index (χ0n) is 13.2. The van der Waals surface area contributed by atoms with Crippen LogP contribution in [0.4, 0.5) is 14.9 Å². The molecule has 23 heavy (non-hydrogen) atoms. The Bertz CT molecular complexity index is 563. The molecule has 2 heterocycles. The summed E-state index contributed by atoms with van der Waals surface area (Å²) in [6.45, 7) is 4.89. The van der Waals surface area contributed by atoms with Gasteiger partial charge in [-0.05, 0) is 56.5 Å². The van der Waals surface area contributed by atoms with Gasteiger partial charge in [0, 0.05) is 24.7 Å². The molecule has 1 aromatic carbocycles. The van der Waals surface area contributed by atoms with Crippen molar-refractivity contribution in [2.45, 2.75) is 25.7 Å². The predicted molar refractivity (Wildman–Crippen MR) is 90.4 cm³/mol. The van der Waals surface area contributed by atoms with Crippen LogP contribution in [0.15, 0.2) is 18.2 Å².